The van der Waals surface area contributed by atoms with Crippen molar-refractivity contribution in [2.75, 3.05) is 13.6 Å². The summed E-state index contributed by atoms with van der Waals surface area (Å²) in [7, 11) is -2.48. The van der Waals surface area contributed by atoms with Gasteiger partial charge in [-0.25, -0.2) is 8.42 Å². The van der Waals surface area contributed by atoms with E-state index in [1.807, 2.05) is 0 Å². The third-order valence-electron chi connectivity index (χ3n) is 2.28. The zero-order chi connectivity index (χ0) is 14.6. The number of nitrogens with zero attached hydrogens (tertiary/aromatic N) is 1. The lowest BCUT2D eigenvalue weighted by molar-refractivity contribution is -0.121. The van der Waals surface area contributed by atoms with E-state index >= 15 is 0 Å². The van der Waals surface area contributed by atoms with Crippen molar-refractivity contribution in [2.24, 2.45) is 0 Å². The minimum absolute atomic E-state index is 0.0586. The lowest BCUT2D eigenvalue weighted by atomic mass is 10.4. The molecule has 1 rings (SSSR count). The number of aromatic nitrogens is 1. The van der Waals surface area contributed by atoms with Gasteiger partial charge in [-0.1, -0.05) is 0 Å². The minimum Gasteiger partial charge on any atom is -0.353 e. The van der Waals surface area contributed by atoms with Gasteiger partial charge in [0.25, 0.3) is 0 Å². The van der Waals surface area contributed by atoms with Gasteiger partial charge in [-0.3, -0.25) is 9.59 Å². The highest BCUT2D eigenvalue weighted by atomic mass is 32.2. The van der Waals surface area contributed by atoms with Crippen LogP contribution >= 0.6 is 0 Å². The van der Waals surface area contributed by atoms with Crippen LogP contribution < -0.4 is 10.9 Å². The second kappa shape index (κ2) is 5.98. The Hall–Kier alpha value is -1.67. The van der Waals surface area contributed by atoms with E-state index in [9.17, 15) is 18.0 Å². The highest BCUT2D eigenvalue weighted by molar-refractivity contribution is 7.89. The van der Waals surface area contributed by atoms with E-state index in [-0.39, 0.29) is 28.9 Å². The monoisotopic (exact) mass is 287 g/mol. The second-order valence-corrected chi connectivity index (χ2v) is 6.42. The maximum Gasteiger partial charge on any atom is 0.247 e. The molecule has 0 saturated heterocycles. The molecule has 2 N–H and O–H groups in total. The smallest absolute Gasteiger partial charge is 0.247 e. The third-order valence-corrected chi connectivity index (χ3v) is 4.08. The maximum absolute atomic E-state index is 12.1. The molecular formula is C11H17N3O4S. The molecule has 0 saturated carbocycles. The standard InChI is InChI=1S/C11H17N3O4S/c1-8(2)13-11(16)7-14(3)19(17,18)9-4-5-10(15)12-6-9/h4-6,8H,7H2,1-3H3,(H,12,15)(H,13,16). The van der Waals surface area contributed by atoms with Crippen molar-refractivity contribution in [3.05, 3.63) is 28.7 Å². The molecule has 0 bridgehead atoms. The average Bonchev–Trinajstić information content (AvgIpc) is 2.28. The quantitative estimate of drug-likeness (QED) is 0.764. The first-order chi connectivity index (χ1) is 8.73. The van der Waals surface area contributed by atoms with E-state index in [0.717, 1.165) is 16.6 Å². The molecule has 1 aromatic rings. The van der Waals surface area contributed by atoms with E-state index in [1.165, 1.54) is 13.1 Å². The number of likely N-dealkylation sites (N-methyl/N-ethyl adjacent to an activating group) is 1. The number of amides is 1. The molecule has 0 aliphatic heterocycles. The van der Waals surface area contributed by atoms with Crippen molar-refractivity contribution in [3.8, 4) is 0 Å². The normalized spacial score (nSPS) is 11.8. The number of sulfonamides is 1. The SMILES string of the molecule is CC(C)NC(=O)CN(C)S(=O)(=O)c1ccc(=O)[nH]c1. The van der Waals surface area contributed by atoms with Gasteiger partial charge in [-0.2, -0.15) is 4.31 Å². The Labute approximate surface area is 111 Å². The second-order valence-electron chi connectivity index (χ2n) is 4.37. The Morgan fingerprint density at radius 2 is 2.05 bits per heavy atom. The van der Waals surface area contributed by atoms with Crippen molar-refractivity contribution >= 4 is 15.9 Å². The van der Waals surface area contributed by atoms with E-state index in [0.29, 0.717) is 0 Å². The van der Waals surface area contributed by atoms with Gasteiger partial charge < -0.3 is 10.3 Å². The maximum atomic E-state index is 12.1. The zero-order valence-corrected chi connectivity index (χ0v) is 11.8. The molecular weight excluding hydrogens is 270 g/mol. The third kappa shape index (κ3) is 4.18. The lowest BCUT2D eigenvalue weighted by Crippen LogP contribution is -2.40. The molecule has 19 heavy (non-hydrogen) atoms. The van der Waals surface area contributed by atoms with Crippen LogP contribution in [-0.4, -0.2) is 43.2 Å². The minimum atomic E-state index is -3.78. The number of carbonyl (C=O) groups is 1. The summed E-state index contributed by atoms with van der Waals surface area (Å²) in [5, 5.41) is 2.60. The molecule has 1 aromatic heterocycles. The van der Waals surface area contributed by atoms with Crippen LogP contribution in [0.25, 0.3) is 0 Å². The van der Waals surface area contributed by atoms with Gasteiger partial charge in [0.05, 0.1) is 11.4 Å². The van der Waals surface area contributed by atoms with Crippen molar-refractivity contribution in [1.82, 2.24) is 14.6 Å². The summed E-state index contributed by atoms with van der Waals surface area (Å²) in [6.07, 6.45) is 1.11. The Bertz CT molecular complexity index is 586. The number of nitrogens with one attached hydrogen (secondary N) is 2. The molecule has 0 aliphatic rings. The number of rotatable bonds is 5. The van der Waals surface area contributed by atoms with E-state index in [1.54, 1.807) is 13.8 Å². The van der Waals surface area contributed by atoms with Crippen LogP contribution in [0.15, 0.2) is 28.0 Å². The summed E-state index contributed by atoms with van der Waals surface area (Å²) >= 11 is 0. The number of hydrogen-bond acceptors (Lipinski definition) is 4. The number of pyridine rings is 1. The number of carbonyl (C=O) groups excluding carboxylic acids is 1. The summed E-state index contributed by atoms with van der Waals surface area (Å²) in [5.41, 5.74) is -0.390. The van der Waals surface area contributed by atoms with E-state index < -0.39 is 10.0 Å². The Morgan fingerprint density at radius 3 is 2.53 bits per heavy atom. The van der Waals surface area contributed by atoms with Gasteiger partial charge >= 0.3 is 0 Å². The van der Waals surface area contributed by atoms with Crippen molar-refractivity contribution in [1.29, 1.82) is 0 Å². The van der Waals surface area contributed by atoms with Crippen LogP contribution in [0.2, 0.25) is 0 Å². The molecule has 0 atom stereocenters. The summed E-state index contributed by atoms with van der Waals surface area (Å²) < 4.78 is 25.1. The van der Waals surface area contributed by atoms with Crippen LogP contribution in [0.1, 0.15) is 13.8 Å². The van der Waals surface area contributed by atoms with Gasteiger partial charge in [0.1, 0.15) is 0 Å². The predicted octanol–water partition coefficient (Wildman–Crippen LogP) is -0.480. The topological polar surface area (TPSA) is 99.3 Å². The largest absolute Gasteiger partial charge is 0.353 e. The predicted molar refractivity (Wildman–Crippen MR) is 70.2 cm³/mol. The highest BCUT2D eigenvalue weighted by Gasteiger charge is 2.23. The van der Waals surface area contributed by atoms with E-state index in [4.69, 9.17) is 0 Å². The van der Waals surface area contributed by atoms with Gasteiger partial charge in [0.2, 0.25) is 21.5 Å². The first kappa shape index (κ1) is 15.4. The first-order valence-corrected chi connectivity index (χ1v) is 7.12. The van der Waals surface area contributed by atoms with Gasteiger partial charge in [0, 0.05) is 25.4 Å². The summed E-state index contributed by atoms with van der Waals surface area (Å²) in [6, 6.07) is 2.26. The fourth-order valence-electron chi connectivity index (χ4n) is 1.39. The highest BCUT2D eigenvalue weighted by Crippen LogP contribution is 2.10. The molecule has 106 valence electrons. The molecule has 0 aromatic carbocycles. The molecule has 0 radical (unpaired) electrons. The van der Waals surface area contributed by atoms with Crippen LogP contribution in [0.3, 0.4) is 0 Å². The Balaban J connectivity index is 2.85. The van der Waals surface area contributed by atoms with Gasteiger partial charge in [-0.15, -0.1) is 0 Å². The molecule has 0 unspecified atom stereocenters. The average molecular weight is 287 g/mol. The number of hydrogen-bond donors (Lipinski definition) is 2. The molecule has 0 spiro atoms. The van der Waals surface area contributed by atoms with Crippen molar-refractivity contribution in [2.45, 2.75) is 24.8 Å². The molecule has 0 aliphatic carbocycles. The molecule has 1 amide bonds. The molecule has 0 fully saturated rings. The van der Waals surface area contributed by atoms with Gasteiger partial charge in [0.15, 0.2) is 0 Å². The number of aromatic amines is 1. The van der Waals surface area contributed by atoms with E-state index in [2.05, 4.69) is 10.3 Å². The molecule has 1 heterocycles. The summed E-state index contributed by atoms with van der Waals surface area (Å²) in [6.45, 7) is 3.29. The molecule has 7 nitrogen and oxygen atoms in total. The van der Waals surface area contributed by atoms with Crippen LogP contribution in [-0.2, 0) is 14.8 Å². The summed E-state index contributed by atoms with van der Waals surface area (Å²) in [4.78, 5) is 24.6. The number of H-pyrrole nitrogens is 1. The lowest BCUT2D eigenvalue weighted by Gasteiger charge is -2.17. The fourth-order valence-corrected chi connectivity index (χ4v) is 2.49. The molecule has 8 heteroatoms. The Kier molecular flexibility index (Phi) is 4.84. The van der Waals surface area contributed by atoms with Gasteiger partial charge in [-0.05, 0) is 19.9 Å². The van der Waals surface area contributed by atoms with Crippen molar-refractivity contribution in [3.63, 3.8) is 0 Å². The van der Waals surface area contributed by atoms with Crippen LogP contribution in [0.5, 0.6) is 0 Å². The Morgan fingerprint density at radius 1 is 1.42 bits per heavy atom. The summed E-state index contributed by atoms with van der Waals surface area (Å²) in [5.74, 6) is -0.384. The van der Waals surface area contributed by atoms with Crippen LogP contribution in [0, 0.1) is 0 Å². The zero-order valence-electron chi connectivity index (χ0n) is 11.0. The fraction of sp³-hybridized carbons (Fsp3) is 0.455. The first-order valence-electron chi connectivity index (χ1n) is 5.68. The van der Waals surface area contributed by atoms with Crippen molar-refractivity contribution < 1.29 is 13.2 Å². The van der Waals surface area contributed by atoms with Crippen LogP contribution in [0.4, 0.5) is 0 Å².